The van der Waals surface area contributed by atoms with E-state index >= 15 is 0 Å². The van der Waals surface area contributed by atoms with Crippen molar-refractivity contribution in [2.45, 2.75) is 20.4 Å². The second kappa shape index (κ2) is 12.1. The Kier molecular flexibility index (Phi) is 8.38. The zero-order valence-electron chi connectivity index (χ0n) is 21.3. The first-order valence-corrected chi connectivity index (χ1v) is 12.0. The Morgan fingerprint density at radius 3 is 2.53 bits per heavy atom. The Morgan fingerprint density at radius 1 is 1.03 bits per heavy atom. The number of nitrogens with zero attached hydrogens (tertiary/aromatic N) is 2. The smallest absolute Gasteiger partial charge is 0.251 e. The van der Waals surface area contributed by atoms with Crippen LogP contribution in [0.2, 0.25) is 0 Å². The zero-order chi connectivity index (χ0) is 27.1. The van der Waals surface area contributed by atoms with Crippen LogP contribution in [0.3, 0.4) is 0 Å². The largest absolute Gasteiger partial charge is 0.457 e. The highest BCUT2D eigenvalue weighted by atomic mass is 19.1. The Bertz CT molecular complexity index is 1510. The van der Waals surface area contributed by atoms with Gasteiger partial charge in [-0.05, 0) is 61.9 Å². The number of aliphatic imine (C=N–C) groups is 1. The van der Waals surface area contributed by atoms with Crippen LogP contribution in [-0.4, -0.2) is 23.7 Å². The van der Waals surface area contributed by atoms with Crippen molar-refractivity contribution < 1.29 is 18.3 Å². The van der Waals surface area contributed by atoms with Crippen molar-refractivity contribution in [3.63, 3.8) is 0 Å². The third kappa shape index (κ3) is 6.37. The molecule has 1 amide bonds. The third-order valence-electron chi connectivity index (χ3n) is 5.88. The molecule has 7 heteroatoms. The number of carbonyl (C=O) groups is 1. The molecule has 1 aromatic heterocycles. The van der Waals surface area contributed by atoms with Crippen LogP contribution in [0.15, 0.2) is 96.1 Å². The number of hydrogen-bond donors (Lipinski definition) is 1. The van der Waals surface area contributed by atoms with E-state index in [0.717, 1.165) is 28.6 Å². The molecule has 0 aliphatic rings. The summed E-state index contributed by atoms with van der Waals surface area (Å²) in [5.41, 5.74) is 4.85. The van der Waals surface area contributed by atoms with Crippen LogP contribution in [0.25, 0.3) is 11.3 Å². The van der Waals surface area contributed by atoms with Gasteiger partial charge in [0.25, 0.3) is 5.91 Å². The average molecular weight is 512 g/mol. The van der Waals surface area contributed by atoms with E-state index in [1.165, 1.54) is 12.1 Å². The van der Waals surface area contributed by atoms with Gasteiger partial charge in [0.1, 0.15) is 23.1 Å². The lowest BCUT2D eigenvalue weighted by Crippen LogP contribution is -2.23. The quantitative estimate of drug-likeness (QED) is 0.258. The number of benzene rings is 3. The number of carbonyl (C=O) groups excluding carboxylic acids is 1. The van der Waals surface area contributed by atoms with Crippen LogP contribution in [0.5, 0.6) is 11.5 Å². The van der Waals surface area contributed by atoms with Gasteiger partial charge in [-0.2, -0.15) is 0 Å². The summed E-state index contributed by atoms with van der Waals surface area (Å²) in [5.74, 6) is -0.690. The summed E-state index contributed by atoms with van der Waals surface area (Å²) < 4.78 is 33.1. The number of allylic oxidation sites excluding steroid dienone is 2. The fraction of sp³-hybridized carbons (Fsp3) is 0.129. The van der Waals surface area contributed by atoms with Gasteiger partial charge in [-0.3, -0.25) is 14.8 Å². The highest BCUT2D eigenvalue weighted by Gasteiger charge is 2.14. The molecule has 0 atom stereocenters. The summed E-state index contributed by atoms with van der Waals surface area (Å²) in [7, 11) is 1.76. The molecule has 0 saturated heterocycles. The van der Waals surface area contributed by atoms with Crippen LogP contribution in [0.1, 0.15) is 34.0 Å². The Hall–Kier alpha value is -4.65. The van der Waals surface area contributed by atoms with Crippen LogP contribution in [-0.2, 0) is 6.54 Å². The molecule has 5 nitrogen and oxygen atoms in total. The lowest BCUT2D eigenvalue weighted by atomic mass is 10.0. The van der Waals surface area contributed by atoms with Crippen molar-refractivity contribution in [1.29, 1.82) is 0 Å². The fourth-order valence-corrected chi connectivity index (χ4v) is 4.02. The molecule has 4 rings (SSSR count). The van der Waals surface area contributed by atoms with Gasteiger partial charge in [0.05, 0.1) is 11.4 Å². The normalized spacial score (nSPS) is 11.6. The molecule has 38 heavy (non-hydrogen) atoms. The predicted molar refractivity (Wildman–Crippen MR) is 146 cm³/mol. The van der Waals surface area contributed by atoms with Gasteiger partial charge in [-0.25, -0.2) is 8.78 Å². The summed E-state index contributed by atoms with van der Waals surface area (Å²) in [6.45, 7) is 3.72. The number of amides is 1. The number of pyridine rings is 1. The summed E-state index contributed by atoms with van der Waals surface area (Å²) >= 11 is 0. The topological polar surface area (TPSA) is 63.6 Å². The Balaban J connectivity index is 1.53. The molecule has 4 aromatic rings. The van der Waals surface area contributed by atoms with Gasteiger partial charge >= 0.3 is 0 Å². The van der Waals surface area contributed by atoms with Crippen LogP contribution >= 0.6 is 0 Å². The summed E-state index contributed by atoms with van der Waals surface area (Å²) in [4.78, 5) is 21.7. The number of ether oxygens (including phenoxy) is 1. The molecule has 3 aromatic carbocycles. The van der Waals surface area contributed by atoms with Gasteiger partial charge in [-0.15, -0.1) is 0 Å². The summed E-state index contributed by atoms with van der Waals surface area (Å²) in [5, 5.41) is 2.71. The molecule has 1 heterocycles. The standard InChI is InChI=1S/C31H27F2N3O2/c1-4-7-28(34-3)22-8-5-9-23(16-22)29-18-26(12-13-35-29)38-30-11-6-10-27(20(30)2)31(37)36-19-21-14-24(32)17-25(33)15-21/h4-18H,19H2,1-3H3,(H,36,37)/b7-4-,34-28?. The van der Waals surface area contributed by atoms with E-state index in [1.54, 1.807) is 44.4 Å². The van der Waals surface area contributed by atoms with Crippen molar-refractivity contribution in [1.82, 2.24) is 10.3 Å². The van der Waals surface area contributed by atoms with Crippen molar-refractivity contribution in [2.24, 2.45) is 4.99 Å². The maximum absolute atomic E-state index is 13.5. The molecule has 0 aliphatic heterocycles. The molecule has 0 bridgehead atoms. The highest BCUT2D eigenvalue weighted by Crippen LogP contribution is 2.30. The van der Waals surface area contributed by atoms with Crippen molar-refractivity contribution >= 4 is 11.6 Å². The number of nitrogens with one attached hydrogen (secondary N) is 1. The van der Waals surface area contributed by atoms with Crippen LogP contribution < -0.4 is 10.1 Å². The number of halogens is 2. The molecule has 0 unspecified atom stereocenters. The number of rotatable bonds is 8. The van der Waals surface area contributed by atoms with Gasteiger partial charge in [0.15, 0.2) is 0 Å². The van der Waals surface area contributed by atoms with E-state index in [4.69, 9.17) is 4.74 Å². The molecule has 1 N–H and O–H groups in total. The SMILES string of the molecule is C/C=C\C(=NC)c1cccc(-c2cc(Oc3cccc(C(=O)NCc4cc(F)cc(F)c4)c3C)ccn2)c1. The average Bonchev–Trinajstić information content (AvgIpc) is 2.91. The first kappa shape index (κ1) is 26.4. The predicted octanol–water partition coefficient (Wildman–Crippen LogP) is 7.05. The molecule has 0 saturated carbocycles. The molecule has 192 valence electrons. The van der Waals surface area contributed by atoms with Crippen molar-refractivity contribution in [3.05, 3.63) is 125 Å². The lowest BCUT2D eigenvalue weighted by Gasteiger charge is -2.13. The summed E-state index contributed by atoms with van der Waals surface area (Å²) in [6.07, 6.45) is 5.57. The van der Waals surface area contributed by atoms with Gasteiger partial charge in [0.2, 0.25) is 0 Å². The maximum Gasteiger partial charge on any atom is 0.251 e. The minimum Gasteiger partial charge on any atom is -0.457 e. The first-order valence-electron chi connectivity index (χ1n) is 12.0. The lowest BCUT2D eigenvalue weighted by molar-refractivity contribution is 0.0949. The molecule has 0 spiro atoms. The molecular weight excluding hydrogens is 484 g/mol. The van der Waals surface area contributed by atoms with Crippen LogP contribution in [0.4, 0.5) is 8.78 Å². The maximum atomic E-state index is 13.5. The molecule has 0 fully saturated rings. The second-order valence-electron chi connectivity index (χ2n) is 8.56. The van der Waals surface area contributed by atoms with E-state index in [2.05, 4.69) is 15.3 Å². The van der Waals surface area contributed by atoms with Gasteiger partial charge < -0.3 is 10.1 Å². The minimum atomic E-state index is -0.694. The number of hydrogen-bond acceptors (Lipinski definition) is 4. The first-order chi connectivity index (χ1) is 18.4. The van der Waals surface area contributed by atoms with Crippen LogP contribution in [0, 0.1) is 18.6 Å². The van der Waals surface area contributed by atoms with Gasteiger partial charge in [0, 0.05) is 54.2 Å². The van der Waals surface area contributed by atoms with E-state index in [-0.39, 0.29) is 12.5 Å². The van der Waals surface area contributed by atoms with E-state index < -0.39 is 11.6 Å². The molecule has 0 radical (unpaired) electrons. The zero-order valence-corrected chi connectivity index (χ0v) is 21.3. The monoisotopic (exact) mass is 511 g/mol. The van der Waals surface area contributed by atoms with Crippen molar-refractivity contribution in [2.75, 3.05) is 7.05 Å². The fourth-order valence-electron chi connectivity index (χ4n) is 4.02. The Labute approximate surface area is 220 Å². The molecule has 0 aliphatic carbocycles. The highest BCUT2D eigenvalue weighted by molar-refractivity contribution is 6.09. The third-order valence-corrected chi connectivity index (χ3v) is 5.88. The second-order valence-corrected chi connectivity index (χ2v) is 8.56. The molecular formula is C31H27F2N3O2. The van der Waals surface area contributed by atoms with Gasteiger partial charge in [-0.1, -0.05) is 30.3 Å². The Morgan fingerprint density at radius 2 is 1.79 bits per heavy atom. The van der Waals surface area contributed by atoms with Crippen molar-refractivity contribution in [3.8, 4) is 22.8 Å². The van der Waals surface area contributed by atoms with E-state index in [9.17, 15) is 13.6 Å². The minimum absolute atomic E-state index is 0.0106. The van der Waals surface area contributed by atoms with E-state index in [1.807, 2.05) is 49.4 Å². The number of aromatic nitrogens is 1. The van der Waals surface area contributed by atoms with E-state index in [0.29, 0.717) is 28.2 Å². The summed E-state index contributed by atoms with van der Waals surface area (Å²) in [6, 6.07) is 19.9.